The highest BCUT2D eigenvalue weighted by atomic mass is 16.2. The molecule has 20 heavy (non-hydrogen) atoms. The van der Waals surface area contributed by atoms with E-state index in [4.69, 9.17) is 10.8 Å². The summed E-state index contributed by atoms with van der Waals surface area (Å²) in [6.07, 6.45) is 4.17. The van der Waals surface area contributed by atoms with Gasteiger partial charge in [-0.05, 0) is 49.4 Å². The van der Waals surface area contributed by atoms with Gasteiger partial charge >= 0.3 is 0 Å². The zero-order chi connectivity index (χ0) is 14.4. The van der Waals surface area contributed by atoms with E-state index in [-0.39, 0.29) is 6.04 Å². The van der Waals surface area contributed by atoms with Crippen molar-refractivity contribution in [3.8, 4) is 0 Å². The molecule has 0 radical (unpaired) electrons. The molecule has 0 bridgehead atoms. The Kier molecular flexibility index (Phi) is 5.83. The van der Waals surface area contributed by atoms with Crippen molar-refractivity contribution < 1.29 is 5.11 Å². The molecule has 112 valence electrons. The molecular weight excluding hydrogens is 250 g/mol. The van der Waals surface area contributed by atoms with Crippen LogP contribution >= 0.6 is 0 Å². The van der Waals surface area contributed by atoms with Crippen molar-refractivity contribution in [2.75, 3.05) is 38.2 Å². The number of nitrogens with zero attached hydrogens (tertiary/aromatic N) is 1. The Hall–Kier alpha value is -1.10. The summed E-state index contributed by atoms with van der Waals surface area (Å²) in [6, 6.07) is 6.95. The Labute approximate surface area is 122 Å². The molecule has 4 N–H and O–H groups in total. The van der Waals surface area contributed by atoms with E-state index in [1.807, 2.05) is 0 Å². The molecule has 1 aromatic rings. The molecule has 2 rings (SSSR count). The number of nitrogens with two attached hydrogens (primary N) is 1. The molecule has 1 unspecified atom stereocenters. The second-order valence-corrected chi connectivity index (χ2v) is 5.59. The standard InChI is InChI=1S/C16H27N3O/c1-19-9-7-14-11-13(5-6-16(14)19)15(12-17)18-8-3-2-4-10-20/h5-6,11,15,18,20H,2-4,7-10,12,17H2,1H3. The van der Waals surface area contributed by atoms with Crippen LogP contribution in [-0.4, -0.2) is 38.4 Å². The van der Waals surface area contributed by atoms with Gasteiger partial charge in [-0.15, -0.1) is 0 Å². The van der Waals surface area contributed by atoms with Crippen molar-refractivity contribution in [3.63, 3.8) is 0 Å². The van der Waals surface area contributed by atoms with E-state index < -0.39 is 0 Å². The van der Waals surface area contributed by atoms with Crippen molar-refractivity contribution in [2.24, 2.45) is 5.73 Å². The van der Waals surface area contributed by atoms with E-state index in [0.717, 1.165) is 38.8 Å². The lowest BCUT2D eigenvalue weighted by molar-refractivity contribution is 0.282. The average Bonchev–Trinajstić information content (AvgIpc) is 2.84. The maximum absolute atomic E-state index is 8.77. The SMILES string of the molecule is CN1CCc2cc(C(CN)NCCCCCO)ccc21. The minimum atomic E-state index is 0.236. The van der Waals surface area contributed by atoms with E-state index >= 15 is 0 Å². The number of rotatable bonds is 8. The van der Waals surface area contributed by atoms with Gasteiger partial charge in [0, 0.05) is 38.5 Å². The number of unbranched alkanes of at least 4 members (excludes halogenated alkanes) is 2. The summed E-state index contributed by atoms with van der Waals surface area (Å²) in [5.41, 5.74) is 9.99. The zero-order valence-electron chi connectivity index (χ0n) is 12.4. The quantitative estimate of drug-likeness (QED) is 0.629. The van der Waals surface area contributed by atoms with Gasteiger partial charge in [-0.25, -0.2) is 0 Å². The summed E-state index contributed by atoms with van der Waals surface area (Å²) in [6.45, 7) is 2.98. The first-order valence-electron chi connectivity index (χ1n) is 7.64. The lowest BCUT2D eigenvalue weighted by Crippen LogP contribution is -2.29. The first-order valence-corrected chi connectivity index (χ1v) is 7.64. The van der Waals surface area contributed by atoms with Gasteiger partial charge in [-0.3, -0.25) is 0 Å². The molecule has 1 aliphatic heterocycles. The van der Waals surface area contributed by atoms with Crippen molar-refractivity contribution in [1.29, 1.82) is 0 Å². The average molecular weight is 277 g/mol. The minimum absolute atomic E-state index is 0.236. The number of hydrogen-bond donors (Lipinski definition) is 3. The van der Waals surface area contributed by atoms with E-state index in [1.165, 1.54) is 16.8 Å². The summed E-state index contributed by atoms with van der Waals surface area (Å²) >= 11 is 0. The number of aliphatic hydroxyl groups is 1. The Morgan fingerprint density at radius 3 is 2.95 bits per heavy atom. The maximum Gasteiger partial charge on any atom is 0.0444 e. The second kappa shape index (κ2) is 7.62. The first-order chi connectivity index (χ1) is 9.76. The highest BCUT2D eigenvalue weighted by Gasteiger charge is 2.17. The van der Waals surface area contributed by atoms with Crippen LogP contribution in [0.4, 0.5) is 5.69 Å². The molecule has 1 aliphatic rings. The summed E-state index contributed by atoms with van der Waals surface area (Å²) in [7, 11) is 2.14. The number of anilines is 1. The number of aliphatic hydroxyl groups excluding tert-OH is 1. The first kappa shape index (κ1) is 15.3. The van der Waals surface area contributed by atoms with Crippen LogP contribution in [0.5, 0.6) is 0 Å². The van der Waals surface area contributed by atoms with Crippen LogP contribution in [-0.2, 0) is 6.42 Å². The lowest BCUT2D eigenvalue weighted by atomic mass is 10.0. The highest BCUT2D eigenvalue weighted by Crippen LogP contribution is 2.29. The van der Waals surface area contributed by atoms with Gasteiger partial charge in [0.15, 0.2) is 0 Å². The van der Waals surface area contributed by atoms with Crippen LogP contribution in [0.3, 0.4) is 0 Å². The van der Waals surface area contributed by atoms with Crippen LogP contribution in [0.15, 0.2) is 18.2 Å². The molecule has 4 nitrogen and oxygen atoms in total. The molecular formula is C16H27N3O. The topological polar surface area (TPSA) is 61.5 Å². The van der Waals surface area contributed by atoms with Crippen molar-refractivity contribution in [1.82, 2.24) is 5.32 Å². The summed E-state index contributed by atoms with van der Waals surface area (Å²) in [5, 5.41) is 12.3. The molecule has 0 aliphatic carbocycles. The number of likely N-dealkylation sites (N-methyl/N-ethyl adjacent to an activating group) is 1. The van der Waals surface area contributed by atoms with Gasteiger partial charge in [0.25, 0.3) is 0 Å². The summed E-state index contributed by atoms with van der Waals surface area (Å²) < 4.78 is 0. The molecule has 0 aromatic heterocycles. The van der Waals surface area contributed by atoms with Gasteiger partial charge < -0.3 is 21.1 Å². The number of benzene rings is 1. The number of nitrogens with one attached hydrogen (secondary N) is 1. The molecule has 4 heteroatoms. The molecule has 1 heterocycles. The lowest BCUT2D eigenvalue weighted by Gasteiger charge is -2.19. The van der Waals surface area contributed by atoms with Crippen LogP contribution < -0.4 is 16.0 Å². The van der Waals surface area contributed by atoms with Crippen molar-refractivity contribution in [2.45, 2.75) is 31.7 Å². The van der Waals surface area contributed by atoms with Gasteiger partial charge in [-0.1, -0.05) is 12.1 Å². The minimum Gasteiger partial charge on any atom is -0.396 e. The fourth-order valence-electron chi connectivity index (χ4n) is 2.83. The Balaban J connectivity index is 1.91. The van der Waals surface area contributed by atoms with Crippen molar-refractivity contribution in [3.05, 3.63) is 29.3 Å². The van der Waals surface area contributed by atoms with E-state index in [9.17, 15) is 0 Å². The summed E-state index contributed by atoms with van der Waals surface area (Å²) in [4.78, 5) is 2.30. The summed E-state index contributed by atoms with van der Waals surface area (Å²) in [5.74, 6) is 0. The molecule has 0 fully saturated rings. The zero-order valence-corrected chi connectivity index (χ0v) is 12.4. The maximum atomic E-state index is 8.77. The largest absolute Gasteiger partial charge is 0.396 e. The van der Waals surface area contributed by atoms with Gasteiger partial charge in [-0.2, -0.15) is 0 Å². The van der Waals surface area contributed by atoms with Crippen LogP contribution in [0.25, 0.3) is 0 Å². The molecule has 0 spiro atoms. The predicted molar refractivity (Wildman–Crippen MR) is 84.2 cm³/mol. The molecule has 0 saturated heterocycles. The normalized spacial score (nSPS) is 15.4. The van der Waals surface area contributed by atoms with Crippen LogP contribution in [0, 0.1) is 0 Å². The van der Waals surface area contributed by atoms with Crippen LogP contribution in [0.1, 0.15) is 36.4 Å². The Bertz CT molecular complexity index is 422. The van der Waals surface area contributed by atoms with Gasteiger partial charge in [0.2, 0.25) is 0 Å². The van der Waals surface area contributed by atoms with E-state index in [0.29, 0.717) is 13.2 Å². The highest BCUT2D eigenvalue weighted by molar-refractivity contribution is 5.58. The third-order valence-electron chi connectivity index (χ3n) is 4.10. The Morgan fingerprint density at radius 2 is 2.20 bits per heavy atom. The van der Waals surface area contributed by atoms with E-state index in [1.54, 1.807) is 0 Å². The fraction of sp³-hybridized carbons (Fsp3) is 0.625. The van der Waals surface area contributed by atoms with Crippen LogP contribution in [0.2, 0.25) is 0 Å². The monoisotopic (exact) mass is 277 g/mol. The third-order valence-corrected chi connectivity index (χ3v) is 4.10. The fourth-order valence-corrected chi connectivity index (χ4v) is 2.83. The number of fused-ring (bicyclic) bond motifs is 1. The molecule has 0 amide bonds. The predicted octanol–water partition coefficient (Wildman–Crippen LogP) is 1.43. The molecule has 1 aromatic carbocycles. The van der Waals surface area contributed by atoms with Crippen molar-refractivity contribution >= 4 is 5.69 Å². The van der Waals surface area contributed by atoms with E-state index in [2.05, 4.69) is 35.5 Å². The number of hydrogen-bond acceptors (Lipinski definition) is 4. The molecule has 1 atom stereocenters. The van der Waals surface area contributed by atoms with Gasteiger partial charge in [0.1, 0.15) is 0 Å². The molecule has 0 saturated carbocycles. The smallest absolute Gasteiger partial charge is 0.0444 e. The van der Waals surface area contributed by atoms with Gasteiger partial charge in [0.05, 0.1) is 0 Å². The Morgan fingerprint density at radius 1 is 1.35 bits per heavy atom. The second-order valence-electron chi connectivity index (χ2n) is 5.59. The third kappa shape index (κ3) is 3.72.